The molecule has 1 fully saturated rings. The summed E-state index contributed by atoms with van der Waals surface area (Å²) in [7, 11) is 0. The number of fused-ring (bicyclic) bond motifs is 1. The standard InChI is InChI=1S/C19H24N2O3/c1-12-9-14(3)18-16(10-12)13(2)11-17(22)21(18)15(4)19(23)20-5-7-24-8-6-20/h9-11,15H,5-8H2,1-4H3. The van der Waals surface area contributed by atoms with E-state index in [9.17, 15) is 9.59 Å². The van der Waals surface area contributed by atoms with Crippen LogP contribution in [-0.2, 0) is 9.53 Å². The highest BCUT2D eigenvalue weighted by atomic mass is 16.5. The van der Waals surface area contributed by atoms with E-state index in [1.165, 1.54) is 0 Å². The molecule has 1 amide bonds. The van der Waals surface area contributed by atoms with Gasteiger partial charge >= 0.3 is 0 Å². The second-order valence-corrected chi connectivity index (χ2v) is 6.63. The Kier molecular flexibility index (Phi) is 4.45. The van der Waals surface area contributed by atoms with Gasteiger partial charge in [-0.25, -0.2) is 0 Å². The maximum atomic E-state index is 12.9. The van der Waals surface area contributed by atoms with Crippen molar-refractivity contribution in [3.05, 3.63) is 45.2 Å². The van der Waals surface area contributed by atoms with Crippen molar-refractivity contribution < 1.29 is 9.53 Å². The summed E-state index contributed by atoms with van der Waals surface area (Å²) in [6, 6.07) is 5.24. The van der Waals surface area contributed by atoms with E-state index in [1.54, 1.807) is 15.5 Å². The second kappa shape index (κ2) is 6.40. The van der Waals surface area contributed by atoms with Gasteiger partial charge in [0.05, 0.1) is 18.7 Å². The lowest BCUT2D eigenvalue weighted by Crippen LogP contribution is -2.45. The molecule has 0 radical (unpaired) electrons. The smallest absolute Gasteiger partial charge is 0.252 e. The number of benzene rings is 1. The quantitative estimate of drug-likeness (QED) is 0.850. The third kappa shape index (κ3) is 2.84. The molecule has 1 aromatic carbocycles. The monoisotopic (exact) mass is 328 g/mol. The summed E-state index contributed by atoms with van der Waals surface area (Å²) in [6.45, 7) is 10.1. The molecule has 0 N–H and O–H groups in total. The van der Waals surface area contributed by atoms with Gasteiger partial charge in [-0.1, -0.05) is 11.6 Å². The minimum absolute atomic E-state index is 0.0227. The van der Waals surface area contributed by atoms with E-state index >= 15 is 0 Å². The number of carbonyl (C=O) groups excluding carboxylic acids is 1. The van der Waals surface area contributed by atoms with Gasteiger partial charge in [0.25, 0.3) is 5.56 Å². The molecule has 128 valence electrons. The van der Waals surface area contributed by atoms with E-state index in [4.69, 9.17) is 4.74 Å². The molecule has 5 heteroatoms. The molecule has 0 saturated carbocycles. The molecule has 0 bridgehead atoms. The number of aryl methyl sites for hydroxylation is 3. The summed E-state index contributed by atoms with van der Waals surface area (Å²) >= 11 is 0. The largest absolute Gasteiger partial charge is 0.378 e. The van der Waals surface area contributed by atoms with E-state index in [1.807, 2.05) is 27.7 Å². The predicted molar refractivity (Wildman–Crippen MR) is 94.5 cm³/mol. The van der Waals surface area contributed by atoms with Gasteiger partial charge in [-0.15, -0.1) is 0 Å². The van der Waals surface area contributed by atoms with Crippen molar-refractivity contribution in [3.8, 4) is 0 Å². The highest BCUT2D eigenvalue weighted by molar-refractivity contribution is 5.89. The van der Waals surface area contributed by atoms with Crippen LogP contribution in [0.5, 0.6) is 0 Å². The number of rotatable bonds is 2. The number of carbonyl (C=O) groups is 1. The SMILES string of the molecule is Cc1cc(C)c2c(c1)c(C)cc(=O)n2C(C)C(=O)N1CCOCC1. The molecule has 1 aromatic heterocycles. The fraction of sp³-hybridized carbons (Fsp3) is 0.474. The van der Waals surface area contributed by atoms with Crippen LogP contribution < -0.4 is 5.56 Å². The molecule has 1 aliphatic rings. The number of pyridine rings is 1. The van der Waals surface area contributed by atoms with E-state index in [0.29, 0.717) is 26.3 Å². The fourth-order valence-corrected chi connectivity index (χ4v) is 3.57. The molecule has 1 atom stereocenters. The van der Waals surface area contributed by atoms with Crippen molar-refractivity contribution in [1.29, 1.82) is 0 Å². The summed E-state index contributed by atoms with van der Waals surface area (Å²) in [5.41, 5.74) is 3.86. The summed E-state index contributed by atoms with van der Waals surface area (Å²) in [5, 5.41) is 1.04. The Morgan fingerprint density at radius 3 is 2.42 bits per heavy atom. The normalized spacial score (nSPS) is 16.4. The number of morpholine rings is 1. The molecule has 0 spiro atoms. The van der Waals surface area contributed by atoms with Crippen molar-refractivity contribution in [2.24, 2.45) is 0 Å². The number of ether oxygens (including phenoxy) is 1. The molecule has 0 aliphatic carbocycles. The molecular weight excluding hydrogens is 304 g/mol. The molecule has 5 nitrogen and oxygen atoms in total. The van der Waals surface area contributed by atoms with Crippen molar-refractivity contribution in [2.75, 3.05) is 26.3 Å². The molecule has 1 saturated heterocycles. The molecular formula is C19H24N2O3. The summed E-state index contributed by atoms with van der Waals surface area (Å²) in [4.78, 5) is 27.3. The summed E-state index contributed by atoms with van der Waals surface area (Å²) < 4.78 is 6.96. The third-order valence-corrected chi connectivity index (χ3v) is 4.76. The lowest BCUT2D eigenvalue weighted by atomic mass is 10.0. The van der Waals surface area contributed by atoms with E-state index in [2.05, 4.69) is 12.1 Å². The molecule has 1 unspecified atom stereocenters. The Labute approximate surface area is 141 Å². The number of nitrogens with zero attached hydrogens (tertiary/aromatic N) is 2. The highest BCUT2D eigenvalue weighted by Gasteiger charge is 2.26. The fourth-order valence-electron chi connectivity index (χ4n) is 3.57. The number of hydrogen-bond donors (Lipinski definition) is 0. The van der Waals surface area contributed by atoms with Crippen LogP contribution in [0.2, 0.25) is 0 Å². The number of aromatic nitrogens is 1. The van der Waals surface area contributed by atoms with E-state index in [0.717, 1.165) is 27.6 Å². The maximum Gasteiger partial charge on any atom is 0.252 e. The van der Waals surface area contributed by atoms with Gasteiger partial charge in [0, 0.05) is 24.5 Å². The second-order valence-electron chi connectivity index (χ2n) is 6.63. The first-order chi connectivity index (χ1) is 11.4. The van der Waals surface area contributed by atoms with E-state index < -0.39 is 6.04 Å². The van der Waals surface area contributed by atoms with Crippen LogP contribution in [0.4, 0.5) is 0 Å². The minimum atomic E-state index is -0.528. The van der Waals surface area contributed by atoms with Gasteiger partial charge in [0.1, 0.15) is 6.04 Å². The summed E-state index contributed by atoms with van der Waals surface area (Å²) in [5.74, 6) is -0.0227. The lowest BCUT2D eigenvalue weighted by Gasteiger charge is -2.30. The third-order valence-electron chi connectivity index (χ3n) is 4.76. The molecule has 3 rings (SSSR count). The Morgan fingerprint density at radius 2 is 1.75 bits per heavy atom. The zero-order valence-corrected chi connectivity index (χ0v) is 14.8. The Bertz CT molecular complexity index is 848. The van der Waals surface area contributed by atoms with Crippen molar-refractivity contribution in [3.63, 3.8) is 0 Å². The molecule has 1 aliphatic heterocycles. The Balaban J connectivity index is 2.14. The Morgan fingerprint density at radius 1 is 1.08 bits per heavy atom. The van der Waals surface area contributed by atoms with Crippen molar-refractivity contribution in [1.82, 2.24) is 9.47 Å². The average molecular weight is 328 g/mol. The number of hydrogen-bond acceptors (Lipinski definition) is 3. The Hall–Kier alpha value is -2.14. The van der Waals surface area contributed by atoms with Gasteiger partial charge < -0.3 is 9.64 Å². The van der Waals surface area contributed by atoms with Crippen LogP contribution in [0, 0.1) is 20.8 Å². The van der Waals surface area contributed by atoms with Crippen LogP contribution in [0.15, 0.2) is 23.0 Å². The van der Waals surface area contributed by atoms with Gasteiger partial charge in [-0.2, -0.15) is 0 Å². The lowest BCUT2D eigenvalue weighted by molar-refractivity contribution is -0.138. The van der Waals surface area contributed by atoms with Crippen LogP contribution in [0.3, 0.4) is 0 Å². The maximum absolute atomic E-state index is 12.9. The molecule has 2 heterocycles. The van der Waals surface area contributed by atoms with Crippen molar-refractivity contribution >= 4 is 16.8 Å². The highest BCUT2D eigenvalue weighted by Crippen LogP contribution is 2.25. The van der Waals surface area contributed by atoms with Gasteiger partial charge in [0.2, 0.25) is 5.91 Å². The number of amides is 1. The van der Waals surface area contributed by atoms with Crippen LogP contribution >= 0.6 is 0 Å². The van der Waals surface area contributed by atoms with Crippen molar-refractivity contribution in [2.45, 2.75) is 33.7 Å². The first kappa shape index (κ1) is 16.7. The zero-order valence-electron chi connectivity index (χ0n) is 14.8. The van der Waals surface area contributed by atoms with Crippen LogP contribution in [-0.4, -0.2) is 41.7 Å². The van der Waals surface area contributed by atoms with Crippen LogP contribution in [0.1, 0.15) is 29.7 Å². The van der Waals surface area contributed by atoms with Gasteiger partial charge in [-0.3, -0.25) is 14.2 Å². The molecule has 24 heavy (non-hydrogen) atoms. The predicted octanol–water partition coefficient (Wildman–Crippen LogP) is 2.35. The molecule has 2 aromatic rings. The summed E-state index contributed by atoms with van der Waals surface area (Å²) in [6.07, 6.45) is 0. The first-order valence-corrected chi connectivity index (χ1v) is 8.40. The zero-order chi connectivity index (χ0) is 17.4. The minimum Gasteiger partial charge on any atom is -0.378 e. The van der Waals surface area contributed by atoms with Gasteiger partial charge in [-0.05, 0) is 44.9 Å². The average Bonchev–Trinajstić information content (AvgIpc) is 2.55. The van der Waals surface area contributed by atoms with E-state index in [-0.39, 0.29) is 11.5 Å². The van der Waals surface area contributed by atoms with Crippen LogP contribution in [0.25, 0.3) is 10.9 Å². The van der Waals surface area contributed by atoms with Gasteiger partial charge in [0.15, 0.2) is 0 Å². The topological polar surface area (TPSA) is 51.5 Å². The first-order valence-electron chi connectivity index (χ1n) is 8.40.